The van der Waals surface area contributed by atoms with Gasteiger partial charge in [0, 0.05) is 24.5 Å². The summed E-state index contributed by atoms with van der Waals surface area (Å²) in [6.07, 6.45) is 4.30. The number of aryl methyl sites for hydroxylation is 1. The number of hydrogen-bond donors (Lipinski definition) is 2. The first-order valence-electron chi connectivity index (χ1n) is 6.06. The number of nitrogens with one attached hydrogen (secondary N) is 1. The Morgan fingerprint density at radius 1 is 1.44 bits per heavy atom. The summed E-state index contributed by atoms with van der Waals surface area (Å²) in [5.41, 5.74) is 5.56. The van der Waals surface area contributed by atoms with Crippen LogP contribution >= 0.6 is 11.5 Å². The molecule has 0 aliphatic heterocycles. The first-order chi connectivity index (χ1) is 7.80. The largest absolute Gasteiger partial charge is 0.360 e. The highest BCUT2D eigenvalue weighted by atomic mass is 32.1. The summed E-state index contributed by atoms with van der Waals surface area (Å²) in [7, 11) is 0. The highest BCUT2D eigenvalue weighted by Gasteiger charge is 2.07. The second-order valence-electron chi connectivity index (χ2n) is 4.00. The Morgan fingerprint density at radius 3 is 2.88 bits per heavy atom. The van der Waals surface area contributed by atoms with E-state index in [2.05, 4.69) is 28.5 Å². The zero-order chi connectivity index (χ0) is 11.8. The zero-order valence-corrected chi connectivity index (χ0v) is 11.0. The van der Waals surface area contributed by atoms with Gasteiger partial charge in [0.2, 0.25) is 5.13 Å². The van der Waals surface area contributed by atoms with Crippen molar-refractivity contribution in [3.63, 3.8) is 0 Å². The molecule has 0 aliphatic carbocycles. The highest BCUT2D eigenvalue weighted by Crippen LogP contribution is 2.14. The molecular weight excluding hydrogens is 220 g/mol. The number of rotatable bonds is 8. The molecule has 1 heterocycles. The molecule has 0 amide bonds. The first kappa shape index (κ1) is 13.4. The van der Waals surface area contributed by atoms with E-state index in [0.29, 0.717) is 5.92 Å². The van der Waals surface area contributed by atoms with E-state index < -0.39 is 0 Å². The van der Waals surface area contributed by atoms with Crippen LogP contribution in [0.1, 0.15) is 38.9 Å². The van der Waals surface area contributed by atoms with E-state index in [9.17, 15) is 0 Å². The molecule has 3 N–H and O–H groups in total. The Morgan fingerprint density at radius 2 is 2.25 bits per heavy atom. The Kier molecular flexibility index (Phi) is 6.33. The fourth-order valence-corrected chi connectivity index (χ4v) is 2.19. The minimum absolute atomic E-state index is 0.642. The summed E-state index contributed by atoms with van der Waals surface area (Å²) < 4.78 is 4.30. The van der Waals surface area contributed by atoms with Crippen LogP contribution in [-0.2, 0) is 6.42 Å². The molecule has 1 atom stereocenters. The van der Waals surface area contributed by atoms with E-state index in [1.165, 1.54) is 11.5 Å². The average molecular weight is 242 g/mol. The number of anilines is 1. The van der Waals surface area contributed by atoms with Crippen molar-refractivity contribution in [2.75, 3.05) is 18.4 Å². The quantitative estimate of drug-likeness (QED) is 0.734. The van der Waals surface area contributed by atoms with Crippen LogP contribution in [0.3, 0.4) is 0 Å². The third kappa shape index (κ3) is 4.45. The van der Waals surface area contributed by atoms with Crippen molar-refractivity contribution in [1.82, 2.24) is 9.36 Å². The lowest BCUT2D eigenvalue weighted by Gasteiger charge is -2.13. The molecule has 0 saturated heterocycles. The molecular formula is C11H22N4S. The molecule has 0 aromatic carbocycles. The van der Waals surface area contributed by atoms with E-state index in [4.69, 9.17) is 5.73 Å². The van der Waals surface area contributed by atoms with Gasteiger partial charge in [-0.25, -0.2) is 4.98 Å². The van der Waals surface area contributed by atoms with Crippen LogP contribution in [0.2, 0.25) is 0 Å². The third-order valence-corrected chi connectivity index (χ3v) is 3.35. The van der Waals surface area contributed by atoms with Crippen LogP contribution in [-0.4, -0.2) is 22.4 Å². The second kappa shape index (κ2) is 7.57. The van der Waals surface area contributed by atoms with Crippen molar-refractivity contribution >= 4 is 16.7 Å². The Labute approximate surface area is 102 Å². The van der Waals surface area contributed by atoms with Crippen molar-refractivity contribution in [2.45, 2.75) is 39.5 Å². The summed E-state index contributed by atoms with van der Waals surface area (Å²) in [4.78, 5) is 4.43. The van der Waals surface area contributed by atoms with E-state index in [-0.39, 0.29) is 0 Å². The number of hydrogen-bond acceptors (Lipinski definition) is 5. The van der Waals surface area contributed by atoms with E-state index in [1.54, 1.807) is 0 Å². The molecule has 92 valence electrons. The molecule has 4 nitrogen and oxygen atoms in total. The summed E-state index contributed by atoms with van der Waals surface area (Å²) in [6.45, 7) is 6.05. The van der Waals surface area contributed by atoms with Crippen molar-refractivity contribution < 1.29 is 0 Å². The summed E-state index contributed by atoms with van der Waals surface area (Å²) in [5.74, 6) is 1.60. The maximum absolute atomic E-state index is 5.56. The standard InChI is InChI=1S/C11H22N4S/c1-3-5-10-14-11(16-15-10)13-8-9(4-2)6-7-12/h9H,3-8,12H2,1-2H3,(H,13,14,15). The van der Waals surface area contributed by atoms with Crippen LogP contribution in [0, 0.1) is 5.92 Å². The number of nitrogens with two attached hydrogens (primary N) is 1. The Balaban J connectivity index is 2.34. The highest BCUT2D eigenvalue weighted by molar-refractivity contribution is 7.09. The van der Waals surface area contributed by atoms with E-state index in [0.717, 1.165) is 49.7 Å². The molecule has 0 spiro atoms. The van der Waals surface area contributed by atoms with Gasteiger partial charge in [0.05, 0.1) is 0 Å². The molecule has 1 rings (SSSR count). The molecule has 1 aromatic rings. The Bertz CT molecular complexity index is 287. The van der Waals surface area contributed by atoms with Crippen molar-refractivity contribution in [2.24, 2.45) is 11.7 Å². The molecule has 1 aromatic heterocycles. The maximum atomic E-state index is 5.56. The lowest BCUT2D eigenvalue weighted by Crippen LogP contribution is -2.17. The van der Waals surface area contributed by atoms with Crippen LogP contribution in [0.5, 0.6) is 0 Å². The summed E-state index contributed by atoms with van der Waals surface area (Å²) in [5, 5.41) is 4.29. The average Bonchev–Trinajstić information content (AvgIpc) is 2.72. The zero-order valence-electron chi connectivity index (χ0n) is 10.2. The summed E-state index contributed by atoms with van der Waals surface area (Å²) in [6, 6.07) is 0. The molecule has 5 heteroatoms. The lowest BCUT2D eigenvalue weighted by molar-refractivity contribution is 0.501. The normalized spacial score (nSPS) is 12.7. The van der Waals surface area contributed by atoms with Gasteiger partial charge in [0.15, 0.2) is 0 Å². The first-order valence-corrected chi connectivity index (χ1v) is 6.84. The SMILES string of the molecule is CCCc1nsc(NCC(CC)CCN)n1. The molecule has 0 fully saturated rings. The molecule has 0 bridgehead atoms. The van der Waals surface area contributed by atoms with Gasteiger partial charge in [0.25, 0.3) is 0 Å². The van der Waals surface area contributed by atoms with Gasteiger partial charge < -0.3 is 11.1 Å². The number of aromatic nitrogens is 2. The minimum atomic E-state index is 0.642. The summed E-state index contributed by atoms with van der Waals surface area (Å²) >= 11 is 1.46. The van der Waals surface area contributed by atoms with Crippen molar-refractivity contribution in [1.29, 1.82) is 0 Å². The van der Waals surface area contributed by atoms with Crippen LogP contribution in [0.15, 0.2) is 0 Å². The molecule has 16 heavy (non-hydrogen) atoms. The van der Waals surface area contributed by atoms with Gasteiger partial charge in [-0.3, -0.25) is 0 Å². The molecule has 0 saturated carbocycles. The fraction of sp³-hybridized carbons (Fsp3) is 0.818. The van der Waals surface area contributed by atoms with Gasteiger partial charge in [-0.2, -0.15) is 4.37 Å². The van der Waals surface area contributed by atoms with Crippen LogP contribution in [0.4, 0.5) is 5.13 Å². The van der Waals surface area contributed by atoms with Crippen LogP contribution in [0.25, 0.3) is 0 Å². The number of nitrogens with zero attached hydrogens (tertiary/aromatic N) is 2. The van der Waals surface area contributed by atoms with Crippen molar-refractivity contribution in [3.05, 3.63) is 5.82 Å². The van der Waals surface area contributed by atoms with Crippen molar-refractivity contribution in [3.8, 4) is 0 Å². The van der Waals surface area contributed by atoms with E-state index >= 15 is 0 Å². The minimum Gasteiger partial charge on any atom is -0.360 e. The third-order valence-electron chi connectivity index (χ3n) is 2.64. The lowest BCUT2D eigenvalue weighted by atomic mass is 10.0. The van der Waals surface area contributed by atoms with Gasteiger partial charge in [-0.15, -0.1) is 0 Å². The van der Waals surface area contributed by atoms with Gasteiger partial charge in [-0.1, -0.05) is 20.3 Å². The smallest absolute Gasteiger partial charge is 0.202 e. The molecule has 0 aliphatic rings. The van der Waals surface area contributed by atoms with Crippen LogP contribution < -0.4 is 11.1 Å². The molecule has 0 radical (unpaired) electrons. The topological polar surface area (TPSA) is 63.8 Å². The molecule has 1 unspecified atom stereocenters. The van der Waals surface area contributed by atoms with Gasteiger partial charge in [-0.05, 0) is 25.3 Å². The second-order valence-corrected chi connectivity index (χ2v) is 4.75. The van der Waals surface area contributed by atoms with E-state index in [1.807, 2.05) is 0 Å². The van der Waals surface area contributed by atoms with Gasteiger partial charge >= 0.3 is 0 Å². The Hall–Kier alpha value is -0.680. The maximum Gasteiger partial charge on any atom is 0.202 e. The predicted molar refractivity (Wildman–Crippen MR) is 69.8 cm³/mol. The fourth-order valence-electron chi connectivity index (χ4n) is 1.57. The monoisotopic (exact) mass is 242 g/mol. The van der Waals surface area contributed by atoms with Gasteiger partial charge in [0.1, 0.15) is 5.82 Å². The predicted octanol–water partition coefficient (Wildman–Crippen LogP) is 2.28.